The zero-order valence-electron chi connectivity index (χ0n) is 11.7. The number of carbonyl (C=O) groups excluding carboxylic acids is 1. The first-order valence-electron chi connectivity index (χ1n) is 7.33. The summed E-state index contributed by atoms with van der Waals surface area (Å²) in [6, 6.07) is 5.56. The van der Waals surface area contributed by atoms with Crippen LogP contribution >= 0.6 is 23.2 Å². The van der Waals surface area contributed by atoms with E-state index in [1.54, 1.807) is 18.2 Å². The average Bonchev–Trinajstić information content (AvgIpc) is 2.92. The third-order valence-corrected chi connectivity index (χ3v) is 4.91. The molecule has 1 amide bonds. The van der Waals surface area contributed by atoms with E-state index < -0.39 is 0 Å². The Morgan fingerprint density at radius 3 is 3.10 bits per heavy atom. The Labute approximate surface area is 134 Å². The van der Waals surface area contributed by atoms with Crippen molar-refractivity contribution in [2.24, 2.45) is 5.92 Å². The van der Waals surface area contributed by atoms with Gasteiger partial charge in [0.25, 0.3) is 0 Å². The van der Waals surface area contributed by atoms with Gasteiger partial charge in [0.1, 0.15) is 0 Å². The van der Waals surface area contributed by atoms with Crippen molar-refractivity contribution in [3.63, 3.8) is 0 Å². The summed E-state index contributed by atoms with van der Waals surface area (Å²) < 4.78 is 0. The number of nitrogens with one attached hydrogen (secondary N) is 2. The molecule has 0 bridgehead atoms. The highest BCUT2D eigenvalue weighted by Gasteiger charge is 2.35. The lowest BCUT2D eigenvalue weighted by Gasteiger charge is -2.36. The van der Waals surface area contributed by atoms with E-state index in [2.05, 4.69) is 15.5 Å². The topological polar surface area (TPSA) is 44.4 Å². The predicted molar refractivity (Wildman–Crippen MR) is 86.0 cm³/mol. The van der Waals surface area contributed by atoms with Gasteiger partial charge in [0.2, 0.25) is 5.91 Å². The lowest BCUT2D eigenvalue weighted by molar-refractivity contribution is -0.118. The van der Waals surface area contributed by atoms with Crippen LogP contribution in [0.1, 0.15) is 12.8 Å². The fourth-order valence-corrected chi connectivity index (χ4v) is 3.66. The van der Waals surface area contributed by atoms with Crippen molar-refractivity contribution in [1.29, 1.82) is 0 Å². The molecule has 1 aromatic rings. The second kappa shape index (κ2) is 6.53. The smallest absolute Gasteiger partial charge is 0.238 e. The second-order valence-electron chi connectivity index (χ2n) is 5.77. The Kier molecular flexibility index (Phi) is 4.69. The summed E-state index contributed by atoms with van der Waals surface area (Å²) in [5.41, 5.74) is 0.576. The largest absolute Gasteiger partial charge is 0.324 e. The van der Waals surface area contributed by atoms with E-state index in [9.17, 15) is 4.79 Å². The third kappa shape index (κ3) is 3.51. The number of amides is 1. The molecule has 1 aromatic carbocycles. The molecule has 0 radical (unpaired) electrons. The van der Waals surface area contributed by atoms with Crippen LogP contribution in [0.5, 0.6) is 0 Å². The first kappa shape index (κ1) is 15.1. The molecule has 0 saturated carbocycles. The number of fused-ring (bicyclic) bond motifs is 1. The lowest BCUT2D eigenvalue weighted by atomic mass is 9.92. The molecular formula is C15H19Cl2N3O. The van der Waals surface area contributed by atoms with Gasteiger partial charge in [-0.25, -0.2) is 0 Å². The van der Waals surface area contributed by atoms with Crippen LogP contribution in [0, 0.1) is 5.92 Å². The zero-order valence-corrected chi connectivity index (χ0v) is 13.3. The normalized spacial score (nSPS) is 25.6. The highest BCUT2D eigenvalue weighted by atomic mass is 35.5. The molecule has 6 heteroatoms. The first-order valence-corrected chi connectivity index (χ1v) is 8.09. The molecule has 4 nitrogen and oxygen atoms in total. The van der Waals surface area contributed by atoms with Gasteiger partial charge in [-0.05, 0) is 50.0 Å². The van der Waals surface area contributed by atoms with Crippen molar-refractivity contribution in [3.05, 3.63) is 28.2 Å². The quantitative estimate of drug-likeness (QED) is 0.896. The SMILES string of the molecule is O=C(CN1CCCC2CNCC21)Nc1cc(Cl)ccc1Cl. The van der Waals surface area contributed by atoms with Crippen LogP contribution in [0.2, 0.25) is 10.0 Å². The number of rotatable bonds is 3. The number of anilines is 1. The molecule has 2 atom stereocenters. The Morgan fingerprint density at radius 1 is 1.38 bits per heavy atom. The number of carbonyl (C=O) groups is 1. The van der Waals surface area contributed by atoms with E-state index in [0.29, 0.717) is 34.2 Å². The number of benzene rings is 1. The summed E-state index contributed by atoms with van der Waals surface area (Å²) in [5, 5.41) is 7.35. The minimum Gasteiger partial charge on any atom is -0.324 e. The van der Waals surface area contributed by atoms with E-state index in [4.69, 9.17) is 23.2 Å². The molecule has 2 aliphatic rings. The molecule has 114 valence electrons. The molecule has 2 saturated heterocycles. The van der Waals surface area contributed by atoms with Crippen molar-refractivity contribution >= 4 is 34.8 Å². The van der Waals surface area contributed by atoms with E-state index in [1.807, 2.05) is 0 Å². The number of halogens is 2. The number of piperidine rings is 1. The third-order valence-electron chi connectivity index (χ3n) is 4.34. The van der Waals surface area contributed by atoms with E-state index in [1.165, 1.54) is 6.42 Å². The maximum absolute atomic E-state index is 12.3. The standard InChI is InChI=1S/C15H19Cl2N3O/c16-11-3-4-12(17)13(6-11)19-15(21)9-20-5-1-2-10-7-18-8-14(10)20/h3-4,6,10,14,18H,1-2,5,7-9H2,(H,19,21). The van der Waals surface area contributed by atoms with Crippen LogP contribution in [0.3, 0.4) is 0 Å². The van der Waals surface area contributed by atoms with Crippen molar-refractivity contribution in [2.45, 2.75) is 18.9 Å². The van der Waals surface area contributed by atoms with Gasteiger partial charge in [0, 0.05) is 17.6 Å². The van der Waals surface area contributed by atoms with Gasteiger partial charge in [-0.15, -0.1) is 0 Å². The minimum absolute atomic E-state index is 0.0354. The van der Waals surface area contributed by atoms with Gasteiger partial charge in [-0.2, -0.15) is 0 Å². The highest BCUT2D eigenvalue weighted by Crippen LogP contribution is 2.27. The Balaban J connectivity index is 1.62. The monoisotopic (exact) mass is 327 g/mol. The van der Waals surface area contributed by atoms with Gasteiger partial charge in [0.15, 0.2) is 0 Å². The summed E-state index contributed by atoms with van der Waals surface area (Å²) in [4.78, 5) is 14.5. The van der Waals surface area contributed by atoms with Crippen LogP contribution in [-0.2, 0) is 4.79 Å². The molecule has 2 unspecified atom stereocenters. The van der Waals surface area contributed by atoms with Gasteiger partial charge in [-0.3, -0.25) is 9.69 Å². The number of likely N-dealkylation sites (tertiary alicyclic amines) is 1. The summed E-state index contributed by atoms with van der Waals surface area (Å²) >= 11 is 12.0. The molecule has 0 aliphatic carbocycles. The molecule has 0 spiro atoms. The molecule has 3 rings (SSSR count). The molecule has 0 aromatic heterocycles. The Hall–Kier alpha value is -0.810. The maximum Gasteiger partial charge on any atom is 0.238 e. The van der Waals surface area contributed by atoms with Gasteiger partial charge in [-0.1, -0.05) is 23.2 Å². The minimum atomic E-state index is -0.0354. The van der Waals surface area contributed by atoms with E-state index in [0.717, 1.165) is 26.1 Å². The van der Waals surface area contributed by atoms with Crippen LogP contribution in [0.15, 0.2) is 18.2 Å². The predicted octanol–water partition coefficient (Wildman–Crippen LogP) is 2.62. The van der Waals surface area contributed by atoms with E-state index >= 15 is 0 Å². The highest BCUT2D eigenvalue weighted by molar-refractivity contribution is 6.35. The fraction of sp³-hybridized carbons (Fsp3) is 0.533. The lowest BCUT2D eigenvalue weighted by Crippen LogP contribution is -2.48. The van der Waals surface area contributed by atoms with Gasteiger partial charge >= 0.3 is 0 Å². The van der Waals surface area contributed by atoms with Crippen molar-refractivity contribution < 1.29 is 4.79 Å². The molecule has 2 heterocycles. The maximum atomic E-state index is 12.3. The van der Waals surface area contributed by atoms with E-state index in [-0.39, 0.29) is 5.91 Å². The molecule has 2 aliphatic heterocycles. The Bertz CT molecular complexity index is 538. The van der Waals surface area contributed by atoms with Crippen molar-refractivity contribution in [2.75, 3.05) is 31.5 Å². The molecular weight excluding hydrogens is 309 g/mol. The summed E-state index contributed by atoms with van der Waals surface area (Å²) in [6.07, 6.45) is 2.42. The second-order valence-corrected chi connectivity index (χ2v) is 6.61. The summed E-state index contributed by atoms with van der Waals surface area (Å²) in [7, 11) is 0. The molecule has 21 heavy (non-hydrogen) atoms. The van der Waals surface area contributed by atoms with Gasteiger partial charge in [0.05, 0.1) is 17.3 Å². The fourth-order valence-electron chi connectivity index (χ4n) is 3.33. The number of hydrogen-bond donors (Lipinski definition) is 2. The van der Waals surface area contributed by atoms with Gasteiger partial charge < -0.3 is 10.6 Å². The molecule has 2 fully saturated rings. The van der Waals surface area contributed by atoms with Crippen LogP contribution in [0.25, 0.3) is 0 Å². The summed E-state index contributed by atoms with van der Waals surface area (Å²) in [5.74, 6) is 0.646. The first-order chi connectivity index (χ1) is 10.1. The average molecular weight is 328 g/mol. The van der Waals surface area contributed by atoms with Crippen molar-refractivity contribution in [1.82, 2.24) is 10.2 Å². The number of nitrogens with zero attached hydrogens (tertiary/aromatic N) is 1. The summed E-state index contributed by atoms with van der Waals surface area (Å²) in [6.45, 7) is 3.45. The zero-order chi connectivity index (χ0) is 14.8. The van der Waals surface area contributed by atoms with Crippen LogP contribution in [-0.4, -0.2) is 43.0 Å². The van der Waals surface area contributed by atoms with Crippen LogP contribution in [0.4, 0.5) is 5.69 Å². The number of hydrogen-bond acceptors (Lipinski definition) is 3. The van der Waals surface area contributed by atoms with Crippen LogP contribution < -0.4 is 10.6 Å². The molecule has 2 N–H and O–H groups in total. The van der Waals surface area contributed by atoms with Crippen molar-refractivity contribution in [3.8, 4) is 0 Å². The Morgan fingerprint density at radius 2 is 2.24 bits per heavy atom.